The molecule has 96 valence electrons. The lowest BCUT2D eigenvalue weighted by molar-refractivity contribution is 1.03. The standard InChI is InChI=1S/C15H12BrClN2/c1-9-13(16)7-8-14-18-15(10(2)19(9)14)11-3-5-12(17)6-4-11/h3-8H,1-2H3. The predicted molar refractivity (Wildman–Crippen MR) is 82.8 cm³/mol. The second kappa shape index (κ2) is 4.66. The zero-order chi connectivity index (χ0) is 13.6. The van der Waals surface area contributed by atoms with Crippen LogP contribution in [0.2, 0.25) is 5.02 Å². The Balaban J connectivity index is 2.28. The van der Waals surface area contributed by atoms with Crippen molar-refractivity contribution in [3.05, 3.63) is 57.3 Å². The molecule has 3 aromatic rings. The fourth-order valence-corrected chi connectivity index (χ4v) is 2.75. The highest BCUT2D eigenvalue weighted by Crippen LogP contribution is 2.28. The van der Waals surface area contributed by atoms with Crippen molar-refractivity contribution >= 4 is 33.2 Å². The summed E-state index contributed by atoms with van der Waals surface area (Å²) in [5, 5.41) is 0.740. The van der Waals surface area contributed by atoms with Crippen molar-refractivity contribution in [2.24, 2.45) is 0 Å². The largest absolute Gasteiger partial charge is 0.300 e. The van der Waals surface area contributed by atoms with Gasteiger partial charge in [-0.25, -0.2) is 4.98 Å². The first kappa shape index (κ1) is 12.7. The molecule has 0 fully saturated rings. The van der Waals surface area contributed by atoms with Crippen LogP contribution >= 0.6 is 27.5 Å². The number of nitrogens with zero attached hydrogens (tertiary/aromatic N) is 2. The second-order valence-corrected chi connectivity index (χ2v) is 5.80. The maximum Gasteiger partial charge on any atom is 0.137 e. The lowest BCUT2D eigenvalue weighted by Crippen LogP contribution is -1.94. The van der Waals surface area contributed by atoms with E-state index in [1.807, 2.05) is 36.4 Å². The van der Waals surface area contributed by atoms with Gasteiger partial charge in [0.15, 0.2) is 0 Å². The lowest BCUT2D eigenvalue weighted by Gasteiger charge is -2.04. The van der Waals surface area contributed by atoms with Crippen molar-refractivity contribution in [3.8, 4) is 11.3 Å². The second-order valence-electron chi connectivity index (χ2n) is 4.51. The molecule has 0 amide bonds. The highest BCUT2D eigenvalue weighted by atomic mass is 79.9. The summed E-state index contributed by atoms with van der Waals surface area (Å²) in [4.78, 5) is 4.71. The number of hydrogen-bond donors (Lipinski definition) is 0. The Hall–Kier alpha value is -1.32. The van der Waals surface area contributed by atoms with Crippen LogP contribution in [0.15, 0.2) is 40.9 Å². The molecule has 2 nitrogen and oxygen atoms in total. The average molecular weight is 336 g/mol. The molecule has 3 rings (SSSR count). The molecule has 2 aromatic heterocycles. The van der Waals surface area contributed by atoms with E-state index in [4.69, 9.17) is 16.6 Å². The van der Waals surface area contributed by atoms with E-state index in [1.165, 1.54) is 0 Å². The molecule has 0 radical (unpaired) electrons. The van der Waals surface area contributed by atoms with E-state index in [-0.39, 0.29) is 0 Å². The molecular weight excluding hydrogens is 324 g/mol. The molecule has 19 heavy (non-hydrogen) atoms. The zero-order valence-electron chi connectivity index (χ0n) is 10.6. The van der Waals surface area contributed by atoms with E-state index < -0.39 is 0 Å². The topological polar surface area (TPSA) is 17.3 Å². The molecule has 2 heterocycles. The normalized spacial score (nSPS) is 11.2. The molecule has 1 aromatic carbocycles. The molecule has 0 saturated carbocycles. The predicted octanol–water partition coefficient (Wildman–Crippen LogP) is 5.03. The number of imidazole rings is 1. The van der Waals surface area contributed by atoms with Gasteiger partial charge in [0.05, 0.1) is 5.69 Å². The molecule has 0 unspecified atom stereocenters. The molecule has 0 N–H and O–H groups in total. The summed E-state index contributed by atoms with van der Waals surface area (Å²) >= 11 is 9.49. The number of pyridine rings is 1. The van der Waals surface area contributed by atoms with Gasteiger partial charge in [-0.15, -0.1) is 0 Å². The van der Waals surface area contributed by atoms with E-state index >= 15 is 0 Å². The lowest BCUT2D eigenvalue weighted by atomic mass is 10.1. The van der Waals surface area contributed by atoms with Crippen LogP contribution in [0.1, 0.15) is 11.4 Å². The minimum Gasteiger partial charge on any atom is -0.300 e. The smallest absolute Gasteiger partial charge is 0.137 e. The zero-order valence-corrected chi connectivity index (χ0v) is 13.0. The highest BCUT2D eigenvalue weighted by Gasteiger charge is 2.12. The van der Waals surface area contributed by atoms with Gasteiger partial charge in [-0.1, -0.05) is 23.7 Å². The van der Waals surface area contributed by atoms with Crippen molar-refractivity contribution in [1.29, 1.82) is 0 Å². The Labute approximate surface area is 125 Å². The van der Waals surface area contributed by atoms with Gasteiger partial charge in [-0.3, -0.25) is 4.40 Å². The van der Waals surface area contributed by atoms with Gasteiger partial charge in [0.1, 0.15) is 5.65 Å². The van der Waals surface area contributed by atoms with Crippen LogP contribution in [0.5, 0.6) is 0 Å². The Kier molecular flexibility index (Phi) is 3.11. The summed E-state index contributed by atoms with van der Waals surface area (Å²) in [5.41, 5.74) is 5.33. The minimum atomic E-state index is 0.740. The third-order valence-corrected chi connectivity index (χ3v) is 4.40. The van der Waals surface area contributed by atoms with Crippen LogP contribution in [0.3, 0.4) is 0 Å². The summed E-state index contributed by atoms with van der Waals surface area (Å²) in [6, 6.07) is 11.8. The van der Waals surface area contributed by atoms with Crippen molar-refractivity contribution < 1.29 is 0 Å². The van der Waals surface area contributed by atoms with E-state index in [1.54, 1.807) is 0 Å². The Morgan fingerprint density at radius 1 is 1.00 bits per heavy atom. The number of aromatic nitrogens is 2. The van der Waals surface area contributed by atoms with Crippen LogP contribution in [0, 0.1) is 13.8 Å². The molecule has 0 bridgehead atoms. The van der Waals surface area contributed by atoms with E-state index in [0.717, 1.165) is 37.8 Å². The molecule has 0 aliphatic rings. The molecular formula is C15H12BrClN2. The van der Waals surface area contributed by atoms with Crippen LogP contribution in [0.4, 0.5) is 0 Å². The highest BCUT2D eigenvalue weighted by molar-refractivity contribution is 9.10. The SMILES string of the molecule is Cc1c(Br)ccc2nc(-c3ccc(Cl)cc3)c(C)n12. The summed E-state index contributed by atoms with van der Waals surface area (Å²) in [6.45, 7) is 4.17. The quantitative estimate of drug-likeness (QED) is 0.609. The Bertz CT molecular complexity index is 760. The third-order valence-electron chi connectivity index (χ3n) is 3.31. The molecule has 0 aliphatic carbocycles. The number of aryl methyl sites for hydroxylation is 2. The fraction of sp³-hybridized carbons (Fsp3) is 0.133. The van der Waals surface area contributed by atoms with Crippen molar-refractivity contribution in [2.45, 2.75) is 13.8 Å². The van der Waals surface area contributed by atoms with Gasteiger partial charge in [0.2, 0.25) is 0 Å². The first-order valence-corrected chi connectivity index (χ1v) is 7.15. The summed E-state index contributed by atoms with van der Waals surface area (Å²) < 4.78 is 3.25. The van der Waals surface area contributed by atoms with E-state index in [2.05, 4.69) is 34.2 Å². The first-order chi connectivity index (χ1) is 9.08. The van der Waals surface area contributed by atoms with E-state index in [9.17, 15) is 0 Å². The minimum absolute atomic E-state index is 0.740. The Morgan fingerprint density at radius 2 is 1.68 bits per heavy atom. The van der Waals surface area contributed by atoms with Crippen LogP contribution in [-0.2, 0) is 0 Å². The number of fused-ring (bicyclic) bond motifs is 1. The first-order valence-electron chi connectivity index (χ1n) is 5.98. The number of halogens is 2. The summed E-state index contributed by atoms with van der Waals surface area (Å²) in [5.74, 6) is 0. The number of hydrogen-bond acceptors (Lipinski definition) is 1. The van der Waals surface area contributed by atoms with Gasteiger partial charge in [0, 0.05) is 26.4 Å². The number of rotatable bonds is 1. The average Bonchev–Trinajstić information content (AvgIpc) is 2.73. The van der Waals surface area contributed by atoms with Crippen molar-refractivity contribution in [1.82, 2.24) is 9.38 Å². The van der Waals surface area contributed by atoms with Gasteiger partial charge < -0.3 is 0 Å². The summed E-state index contributed by atoms with van der Waals surface area (Å²) in [6.07, 6.45) is 0. The molecule has 0 spiro atoms. The fourth-order valence-electron chi connectivity index (χ4n) is 2.31. The van der Waals surface area contributed by atoms with Crippen LogP contribution in [-0.4, -0.2) is 9.38 Å². The number of benzene rings is 1. The van der Waals surface area contributed by atoms with Gasteiger partial charge >= 0.3 is 0 Å². The molecule has 4 heteroatoms. The molecule has 0 saturated heterocycles. The van der Waals surface area contributed by atoms with Gasteiger partial charge in [0.25, 0.3) is 0 Å². The third kappa shape index (κ3) is 2.07. The van der Waals surface area contributed by atoms with Crippen molar-refractivity contribution in [2.75, 3.05) is 0 Å². The van der Waals surface area contributed by atoms with Crippen LogP contribution in [0.25, 0.3) is 16.9 Å². The molecule has 0 aliphatic heterocycles. The van der Waals surface area contributed by atoms with Crippen molar-refractivity contribution in [3.63, 3.8) is 0 Å². The van der Waals surface area contributed by atoms with Gasteiger partial charge in [-0.2, -0.15) is 0 Å². The maximum atomic E-state index is 5.93. The molecule has 0 atom stereocenters. The maximum absolute atomic E-state index is 5.93. The monoisotopic (exact) mass is 334 g/mol. The summed E-state index contributed by atoms with van der Waals surface area (Å²) in [7, 11) is 0. The van der Waals surface area contributed by atoms with E-state index in [0.29, 0.717) is 0 Å². The van der Waals surface area contributed by atoms with Gasteiger partial charge in [-0.05, 0) is 54.0 Å². The Morgan fingerprint density at radius 3 is 2.37 bits per heavy atom. The van der Waals surface area contributed by atoms with Crippen LogP contribution < -0.4 is 0 Å².